The molecule has 0 amide bonds. The maximum absolute atomic E-state index is 5.25. The van der Waals surface area contributed by atoms with Crippen molar-refractivity contribution in [3.8, 4) is 0 Å². The van der Waals surface area contributed by atoms with Gasteiger partial charge in [-0.05, 0) is 6.92 Å². The van der Waals surface area contributed by atoms with E-state index in [1.54, 1.807) is 0 Å². The van der Waals surface area contributed by atoms with Crippen LogP contribution in [0.25, 0.3) is 0 Å². The Morgan fingerprint density at radius 1 is 1.18 bits per heavy atom. The fraction of sp³-hybridized carbons (Fsp3) is 0.833. The lowest BCUT2D eigenvalue weighted by Gasteiger charge is -2.06. The van der Waals surface area contributed by atoms with Gasteiger partial charge in [-0.1, -0.05) is 13.8 Å². The molecular formula is C12H24N4O. The molecule has 0 aliphatic carbocycles. The second-order valence-corrected chi connectivity index (χ2v) is 3.82. The summed E-state index contributed by atoms with van der Waals surface area (Å²) in [6.45, 7) is 10.4. The summed E-state index contributed by atoms with van der Waals surface area (Å²) >= 11 is 0. The molecular weight excluding hydrogens is 216 g/mol. The third-order valence-electron chi connectivity index (χ3n) is 2.55. The molecule has 1 N–H and O–H groups in total. The molecule has 0 atom stereocenters. The Morgan fingerprint density at radius 2 is 2.00 bits per heavy atom. The molecule has 0 saturated heterocycles. The number of nitrogens with one attached hydrogen (secondary N) is 1. The van der Waals surface area contributed by atoms with Crippen molar-refractivity contribution in [2.45, 2.75) is 40.2 Å². The molecule has 1 rings (SSSR count). The Morgan fingerprint density at radius 3 is 2.65 bits per heavy atom. The molecule has 0 aliphatic heterocycles. The summed E-state index contributed by atoms with van der Waals surface area (Å²) in [5.74, 6) is 2.02. The van der Waals surface area contributed by atoms with Gasteiger partial charge in [-0.15, -0.1) is 0 Å². The molecule has 1 aromatic heterocycles. The quantitative estimate of drug-likeness (QED) is 0.655. The summed E-state index contributed by atoms with van der Waals surface area (Å²) in [7, 11) is 0. The monoisotopic (exact) mass is 240 g/mol. The van der Waals surface area contributed by atoms with E-state index in [1.807, 2.05) is 11.6 Å². The Hall–Kier alpha value is -0.940. The van der Waals surface area contributed by atoms with E-state index in [0.717, 1.165) is 57.3 Å². The third kappa shape index (κ3) is 4.83. The summed E-state index contributed by atoms with van der Waals surface area (Å²) in [6.07, 6.45) is 1.84. The highest BCUT2D eigenvalue weighted by molar-refractivity contribution is 4.92. The van der Waals surface area contributed by atoms with E-state index < -0.39 is 0 Å². The lowest BCUT2D eigenvalue weighted by atomic mass is 10.4. The average Bonchev–Trinajstić information content (AvgIpc) is 2.76. The van der Waals surface area contributed by atoms with Crippen molar-refractivity contribution in [3.63, 3.8) is 0 Å². The number of nitrogens with zero attached hydrogens (tertiary/aromatic N) is 3. The molecule has 0 aromatic carbocycles. The van der Waals surface area contributed by atoms with Crippen LogP contribution in [0.1, 0.15) is 32.4 Å². The molecule has 5 nitrogen and oxygen atoms in total. The summed E-state index contributed by atoms with van der Waals surface area (Å²) in [5, 5.41) is 7.80. The molecule has 17 heavy (non-hydrogen) atoms. The van der Waals surface area contributed by atoms with Gasteiger partial charge in [0.05, 0.1) is 13.2 Å². The fourth-order valence-electron chi connectivity index (χ4n) is 1.62. The first-order valence-electron chi connectivity index (χ1n) is 6.52. The summed E-state index contributed by atoms with van der Waals surface area (Å²) < 4.78 is 7.26. The van der Waals surface area contributed by atoms with Gasteiger partial charge in [0, 0.05) is 32.5 Å². The minimum absolute atomic E-state index is 0.773. The van der Waals surface area contributed by atoms with Crippen molar-refractivity contribution < 1.29 is 4.74 Å². The summed E-state index contributed by atoms with van der Waals surface area (Å²) in [6, 6.07) is 0. The van der Waals surface area contributed by atoms with Crippen LogP contribution >= 0.6 is 0 Å². The minimum atomic E-state index is 0.773. The smallest absolute Gasteiger partial charge is 0.150 e. The van der Waals surface area contributed by atoms with E-state index in [9.17, 15) is 0 Å². The highest BCUT2D eigenvalue weighted by atomic mass is 16.5. The Labute approximate surface area is 104 Å². The zero-order valence-corrected chi connectivity index (χ0v) is 11.2. The molecule has 0 radical (unpaired) electrons. The van der Waals surface area contributed by atoms with Crippen LogP contribution in [-0.4, -0.2) is 41.1 Å². The number of rotatable bonds is 9. The molecule has 0 fully saturated rings. The first-order chi connectivity index (χ1) is 8.31. The summed E-state index contributed by atoms with van der Waals surface area (Å²) in [4.78, 5) is 4.47. The Balaban J connectivity index is 2.28. The predicted octanol–water partition coefficient (Wildman–Crippen LogP) is 1.03. The topological polar surface area (TPSA) is 52.0 Å². The van der Waals surface area contributed by atoms with Crippen molar-refractivity contribution in [1.29, 1.82) is 0 Å². The molecule has 0 saturated carbocycles. The lowest BCUT2D eigenvalue weighted by Crippen LogP contribution is -2.25. The third-order valence-corrected chi connectivity index (χ3v) is 2.55. The van der Waals surface area contributed by atoms with Crippen LogP contribution in [0.2, 0.25) is 0 Å². The zero-order chi connectivity index (χ0) is 12.5. The number of hydrogen-bond acceptors (Lipinski definition) is 4. The predicted molar refractivity (Wildman–Crippen MR) is 68.1 cm³/mol. The van der Waals surface area contributed by atoms with Gasteiger partial charge in [-0.2, -0.15) is 5.10 Å². The number of aryl methyl sites for hydroxylation is 2. The molecule has 1 heterocycles. The van der Waals surface area contributed by atoms with Crippen molar-refractivity contribution in [1.82, 2.24) is 20.1 Å². The average molecular weight is 240 g/mol. The van der Waals surface area contributed by atoms with Crippen molar-refractivity contribution >= 4 is 0 Å². The maximum Gasteiger partial charge on any atom is 0.150 e. The van der Waals surface area contributed by atoms with Crippen molar-refractivity contribution in [2.24, 2.45) is 0 Å². The van der Waals surface area contributed by atoms with Crippen LogP contribution in [0.15, 0.2) is 0 Å². The van der Waals surface area contributed by atoms with Crippen molar-refractivity contribution in [3.05, 3.63) is 11.6 Å². The highest BCUT2D eigenvalue weighted by Gasteiger charge is 2.05. The van der Waals surface area contributed by atoms with Crippen LogP contribution in [0, 0.1) is 0 Å². The van der Waals surface area contributed by atoms with Crippen molar-refractivity contribution in [2.75, 3.05) is 26.3 Å². The normalized spacial score (nSPS) is 11.0. The van der Waals surface area contributed by atoms with E-state index in [4.69, 9.17) is 4.74 Å². The van der Waals surface area contributed by atoms with Crippen LogP contribution in [0.5, 0.6) is 0 Å². The number of ether oxygens (including phenoxy) is 1. The van der Waals surface area contributed by atoms with E-state index in [-0.39, 0.29) is 0 Å². The Bertz CT molecular complexity index is 311. The maximum atomic E-state index is 5.25. The molecule has 0 spiro atoms. The molecule has 0 bridgehead atoms. The number of hydrogen-bond donors (Lipinski definition) is 1. The van der Waals surface area contributed by atoms with E-state index >= 15 is 0 Å². The lowest BCUT2D eigenvalue weighted by molar-refractivity contribution is 0.149. The minimum Gasteiger partial charge on any atom is -0.380 e. The van der Waals surface area contributed by atoms with Gasteiger partial charge in [0.25, 0.3) is 0 Å². The van der Waals surface area contributed by atoms with Gasteiger partial charge in [-0.25, -0.2) is 9.67 Å². The van der Waals surface area contributed by atoms with Gasteiger partial charge >= 0.3 is 0 Å². The van der Waals surface area contributed by atoms with E-state index in [2.05, 4.69) is 29.2 Å². The second-order valence-electron chi connectivity index (χ2n) is 3.82. The summed E-state index contributed by atoms with van der Waals surface area (Å²) in [5.41, 5.74) is 0. The van der Waals surface area contributed by atoms with Gasteiger partial charge in [0.1, 0.15) is 5.82 Å². The molecule has 0 unspecified atom stereocenters. The first-order valence-corrected chi connectivity index (χ1v) is 6.52. The molecule has 5 heteroatoms. The molecule has 0 aliphatic rings. The highest BCUT2D eigenvalue weighted by Crippen LogP contribution is 2.00. The first kappa shape index (κ1) is 14.1. The van der Waals surface area contributed by atoms with Gasteiger partial charge in [0.2, 0.25) is 0 Å². The van der Waals surface area contributed by atoms with Crippen LogP contribution in [0.3, 0.4) is 0 Å². The number of aromatic nitrogens is 3. The second kappa shape index (κ2) is 8.20. The van der Waals surface area contributed by atoms with Crippen LogP contribution in [0.4, 0.5) is 0 Å². The largest absolute Gasteiger partial charge is 0.380 e. The zero-order valence-electron chi connectivity index (χ0n) is 11.2. The molecule has 1 aromatic rings. The van der Waals surface area contributed by atoms with E-state index in [1.165, 1.54) is 0 Å². The fourth-order valence-corrected chi connectivity index (χ4v) is 1.62. The van der Waals surface area contributed by atoms with Crippen LogP contribution in [-0.2, 0) is 24.1 Å². The standard InChI is InChI=1S/C12H24N4O/c1-4-11-14-12(5-2)16(15-11)9-7-13-8-10-17-6-3/h13H,4-10H2,1-3H3. The SMILES string of the molecule is CCOCCNCCn1nc(CC)nc1CC. The Kier molecular flexibility index (Phi) is 6.81. The van der Waals surface area contributed by atoms with Crippen LogP contribution < -0.4 is 5.32 Å². The van der Waals surface area contributed by atoms with E-state index in [0.29, 0.717) is 0 Å². The van der Waals surface area contributed by atoms with Gasteiger partial charge < -0.3 is 10.1 Å². The van der Waals surface area contributed by atoms with Gasteiger partial charge in [0.15, 0.2) is 5.82 Å². The molecule has 98 valence electrons. The van der Waals surface area contributed by atoms with Gasteiger partial charge in [-0.3, -0.25) is 0 Å².